The van der Waals surface area contributed by atoms with Gasteiger partial charge in [-0.1, -0.05) is 0 Å². The standard InChI is InChI=1S/C10H13FN2O5S/c1-7(14)4-5-12-19(17,18)8-2-3-9(11)10(6-8)13(15)16/h2-3,6-7,12,14H,4-5H2,1H3. The minimum Gasteiger partial charge on any atom is -0.393 e. The molecule has 0 fully saturated rings. The predicted molar refractivity (Wildman–Crippen MR) is 64.5 cm³/mol. The first-order valence-corrected chi connectivity index (χ1v) is 6.84. The van der Waals surface area contributed by atoms with Gasteiger partial charge >= 0.3 is 5.69 Å². The maximum Gasteiger partial charge on any atom is 0.306 e. The van der Waals surface area contributed by atoms with Gasteiger partial charge in [0.05, 0.1) is 15.9 Å². The molecule has 0 spiro atoms. The van der Waals surface area contributed by atoms with Crippen molar-refractivity contribution in [1.82, 2.24) is 4.72 Å². The van der Waals surface area contributed by atoms with E-state index in [1.807, 2.05) is 0 Å². The molecule has 0 amide bonds. The Morgan fingerprint density at radius 1 is 1.53 bits per heavy atom. The summed E-state index contributed by atoms with van der Waals surface area (Å²) in [6.07, 6.45) is -0.479. The Morgan fingerprint density at radius 3 is 2.68 bits per heavy atom. The van der Waals surface area contributed by atoms with Gasteiger partial charge in [0.15, 0.2) is 0 Å². The fourth-order valence-electron chi connectivity index (χ4n) is 1.29. The molecule has 0 heterocycles. The van der Waals surface area contributed by atoms with Crippen LogP contribution in [0.5, 0.6) is 0 Å². The molecule has 1 aromatic rings. The van der Waals surface area contributed by atoms with E-state index in [1.54, 1.807) is 0 Å². The molecule has 0 saturated carbocycles. The normalized spacial score (nSPS) is 13.2. The Labute approximate surface area is 109 Å². The Kier molecular flexibility index (Phi) is 4.92. The Balaban J connectivity index is 2.96. The quantitative estimate of drug-likeness (QED) is 0.595. The molecule has 19 heavy (non-hydrogen) atoms. The highest BCUT2D eigenvalue weighted by Gasteiger charge is 2.21. The van der Waals surface area contributed by atoms with E-state index in [-0.39, 0.29) is 13.0 Å². The van der Waals surface area contributed by atoms with Gasteiger partial charge in [0.25, 0.3) is 0 Å². The zero-order chi connectivity index (χ0) is 14.6. The van der Waals surface area contributed by atoms with Crippen molar-refractivity contribution in [1.29, 1.82) is 0 Å². The molecule has 1 aromatic carbocycles. The van der Waals surface area contributed by atoms with Crippen LogP contribution < -0.4 is 4.72 Å². The van der Waals surface area contributed by atoms with Crippen LogP contribution in [-0.2, 0) is 10.0 Å². The lowest BCUT2D eigenvalue weighted by molar-refractivity contribution is -0.387. The first kappa shape index (κ1) is 15.5. The third-order valence-corrected chi connectivity index (χ3v) is 3.74. The fraction of sp³-hybridized carbons (Fsp3) is 0.400. The van der Waals surface area contributed by atoms with Gasteiger partial charge in [0.1, 0.15) is 0 Å². The number of nitro benzene ring substituents is 1. The number of rotatable bonds is 6. The number of hydrogen-bond donors (Lipinski definition) is 2. The van der Waals surface area contributed by atoms with Gasteiger partial charge in [0, 0.05) is 12.6 Å². The van der Waals surface area contributed by atoms with Crippen molar-refractivity contribution in [2.45, 2.75) is 24.3 Å². The van der Waals surface area contributed by atoms with Gasteiger partial charge in [-0.05, 0) is 25.5 Å². The third kappa shape index (κ3) is 4.23. The van der Waals surface area contributed by atoms with Crippen LogP contribution in [0.2, 0.25) is 0 Å². The maximum atomic E-state index is 13.1. The number of hydrogen-bond acceptors (Lipinski definition) is 5. The van der Waals surface area contributed by atoms with Crippen LogP contribution >= 0.6 is 0 Å². The van der Waals surface area contributed by atoms with Gasteiger partial charge in [-0.2, -0.15) is 4.39 Å². The molecule has 1 rings (SSSR count). The van der Waals surface area contributed by atoms with Gasteiger partial charge in [-0.3, -0.25) is 10.1 Å². The summed E-state index contributed by atoms with van der Waals surface area (Å²) in [5.41, 5.74) is -0.904. The van der Waals surface area contributed by atoms with Gasteiger partial charge in [-0.15, -0.1) is 0 Å². The number of sulfonamides is 1. The average Bonchev–Trinajstić information content (AvgIpc) is 2.27. The Hall–Kier alpha value is -1.58. The number of aliphatic hydroxyl groups excluding tert-OH is 1. The van der Waals surface area contributed by atoms with Crippen molar-refractivity contribution in [3.05, 3.63) is 34.1 Å². The first-order chi connectivity index (χ1) is 8.74. The molecular weight excluding hydrogens is 279 g/mol. The summed E-state index contributed by atoms with van der Waals surface area (Å²) < 4.78 is 38.8. The molecule has 0 aliphatic carbocycles. The van der Waals surface area contributed by atoms with Crippen LogP contribution in [0, 0.1) is 15.9 Å². The van der Waals surface area contributed by atoms with Gasteiger partial charge in [-0.25, -0.2) is 13.1 Å². The average molecular weight is 292 g/mol. The highest BCUT2D eigenvalue weighted by atomic mass is 32.2. The Morgan fingerprint density at radius 2 is 2.16 bits per heavy atom. The van der Waals surface area contributed by atoms with Crippen LogP contribution in [-0.4, -0.2) is 31.1 Å². The zero-order valence-electron chi connectivity index (χ0n) is 10.0. The summed E-state index contributed by atoms with van der Waals surface area (Å²) in [4.78, 5) is 9.13. The topological polar surface area (TPSA) is 110 Å². The number of halogens is 1. The van der Waals surface area contributed by atoms with Crippen molar-refractivity contribution in [2.24, 2.45) is 0 Å². The number of nitro groups is 1. The van der Waals surface area contributed by atoms with Crippen molar-refractivity contribution in [3.63, 3.8) is 0 Å². The number of aliphatic hydroxyl groups is 1. The lowest BCUT2D eigenvalue weighted by Gasteiger charge is -2.08. The van der Waals surface area contributed by atoms with Crippen molar-refractivity contribution in [3.8, 4) is 0 Å². The minimum atomic E-state index is -3.96. The Bertz CT molecular complexity index is 573. The van der Waals surface area contributed by atoms with Crippen LogP contribution in [0.25, 0.3) is 0 Å². The summed E-state index contributed by atoms with van der Waals surface area (Å²) >= 11 is 0. The van der Waals surface area contributed by atoms with E-state index < -0.39 is 37.5 Å². The first-order valence-electron chi connectivity index (χ1n) is 5.35. The summed E-state index contributed by atoms with van der Waals surface area (Å²) in [6, 6.07) is 2.31. The zero-order valence-corrected chi connectivity index (χ0v) is 10.9. The minimum absolute atomic E-state index is 0.0226. The number of nitrogens with one attached hydrogen (secondary N) is 1. The molecule has 1 unspecified atom stereocenters. The largest absolute Gasteiger partial charge is 0.393 e. The molecule has 7 nitrogen and oxygen atoms in total. The molecule has 1 atom stereocenters. The van der Waals surface area contributed by atoms with E-state index >= 15 is 0 Å². The number of benzene rings is 1. The van der Waals surface area contributed by atoms with Crippen LogP contribution in [0.15, 0.2) is 23.1 Å². The van der Waals surface area contributed by atoms with E-state index in [0.717, 1.165) is 12.1 Å². The van der Waals surface area contributed by atoms with Gasteiger partial charge in [0.2, 0.25) is 15.8 Å². The summed E-state index contributed by atoms with van der Waals surface area (Å²) in [5, 5.41) is 19.5. The highest BCUT2D eigenvalue weighted by Crippen LogP contribution is 2.21. The van der Waals surface area contributed by atoms with E-state index in [2.05, 4.69) is 4.72 Å². The number of nitrogens with zero attached hydrogens (tertiary/aromatic N) is 1. The van der Waals surface area contributed by atoms with Crippen molar-refractivity contribution < 1.29 is 22.8 Å². The van der Waals surface area contributed by atoms with Crippen LogP contribution in [0.1, 0.15) is 13.3 Å². The van der Waals surface area contributed by atoms with Gasteiger partial charge < -0.3 is 5.11 Å². The third-order valence-electron chi connectivity index (χ3n) is 2.28. The molecule has 9 heteroatoms. The molecule has 0 aromatic heterocycles. The fourth-order valence-corrected chi connectivity index (χ4v) is 2.35. The van der Waals surface area contributed by atoms with E-state index in [4.69, 9.17) is 5.11 Å². The lowest BCUT2D eigenvalue weighted by atomic mass is 10.3. The molecule has 0 radical (unpaired) electrons. The molecule has 0 aliphatic rings. The molecule has 0 saturated heterocycles. The second-order valence-electron chi connectivity index (χ2n) is 3.91. The molecular formula is C10H13FN2O5S. The second kappa shape index (κ2) is 6.04. The SMILES string of the molecule is CC(O)CCNS(=O)(=O)c1ccc(F)c([N+](=O)[O-])c1. The predicted octanol–water partition coefficient (Wildman–Crippen LogP) is 0.783. The summed E-state index contributed by atoms with van der Waals surface area (Å²) in [6.45, 7) is 1.47. The lowest BCUT2D eigenvalue weighted by Crippen LogP contribution is -2.26. The van der Waals surface area contributed by atoms with E-state index in [9.17, 15) is 22.9 Å². The summed E-state index contributed by atoms with van der Waals surface area (Å²) in [5.74, 6) is -1.10. The molecule has 0 bridgehead atoms. The monoisotopic (exact) mass is 292 g/mol. The van der Waals surface area contributed by atoms with Crippen LogP contribution in [0.4, 0.5) is 10.1 Å². The highest BCUT2D eigenvalue weighted by molar-refractivity contribution is 7.89. The summed E-state index contributed by atoms with van der Waals surface area (Å²) in [7, 11) is -3.96. The molecule has 106 valence electrons. The molecule has 0 aliphatic heterocycles. The van der Waals surface area contributed by atoms with E-state index in [1.165, 1.54) is 6.92 Å². The second-order valence-corrected chi connectivity index (χ2v) is 5.67. The molecule has 2 N–H and O–H groups in total. The van der Waals surface area contributed by atoms with Crippen molar-refractivity contribution >= 4 is 15.7 Å². The smallest absolute Gasteiger partial charge is 0.306 e. The van der Waals surface area contributed by atoms with Crippen molar-refractivity contribution in [2.75, 3.05) is 6.54 Å². The van der Waals surface area contributed by atoms with Crippen LogP contribution in [0.3, 0.4) is 0 Å². The van der Waals surface area contributed by atoms with E-state index in [0.29, 0.717) is 6.07 Å². The maximum absolute atomic E-state index is 13.1.